The Hall–Kier alpha value is -0.480. The molecule has 1 nitrogen and oxygen atoms in total. The van der Waals surface area contributed by atoms with Crippen molar-refractivity contribution in [3.8, 4) is 0 Å². The third kappa shape index (κ3) is 2.23. The molecule has 19 heavy (non-hydrogen) atoms. The molecule has 3 rings (SSSR count). The van der Waals surface area contributed by atoms with E-state index in [1.165, 1.54) is 37.8 Å². The second-order valence-electron chi connectivity index (χ2n) is 5.71. The Morgan fingerprint density at radius 3 is 2.42 bits per heavy atom. The number of fused-ring (bicyclic) bond motifs is 1. The van der Waals surface area contributed by atoms with Crippen LogP contribution in [-0.4, -0.2) is 7.05 Å². The Labute approximate surface area is 120 Å². The van der Waals surface area contributed by atoms with E-state index in [1.54, 1.807) is 7.05 Å². The maximum atomic E-state index is 14.2. The minimum absolute atomic E-state index is 0.203. The quantitative estimate of drug-likeness (QED) is 0.809. The third-order valence-corrected chi connectivity index (χ3v) is 5.42. The van der Waals surface area contributed by atoms with E-state index in [0.29, 0.717) is 22.2 Å². The lowest BCUT2D eigenvalue weighted by Gasteiger charge is -2.19. The van der Waals surface area contributed by atoms with E-state index in [0.717, 1.165) is 0 Å². The molecular weight excluding hydrogens is 312 g/mol. The first kappa shape index (κ1) is 13.5. The maximum absolute atomic E-state index is 14.2. The van der Waals surface area contributed by atoms with Gasteiger partial charge in [-0.3, -0.25) is 0 Å². The Bertz CT molecular complexity index is 479. The predicted octanol–water partition coefficient (Wildman–Crippen LogP) is 4.42. The largest absolute Gasteiger partial charge is 0.313 e. The van der Waals surface area contributed by atoms with Crippen molar-refractivity contribution in [2.24, 2.45) is 17.8 Å². The zero-order chi connectivity index (χ0) is 13.6. The number of hydrogen-bond donors (Lipinski definition) is 1. The molecule has 0 aromatic heterocycles. The second-order valence-corrected chi connectivity index (χ2v) is 6.57. The van der Waals surface area contributed by atoms with Crippen molar-refractivity contribution in [2.45, 2.75) is 31.7 Å². The van der Waals surface area contributed by atoms with Crippen LogP contribution in [0.4, 0.5) is 8.78 Å². The summed E-state index contributed by atoms with van der Waals surface area (Å²) < 4.78 is 28.6. The van der Waals surface area contributed by atoms with E-state index in [4.69, 9.17) is 0 Å². The van der Waals surface area contributed by atoms with Crippen LogP contribution in [0.5, 0.6) is 0 Å². The van der Waals surface area contributed by atoms with Gasteiger partial charge in [-0.2, -0.15) is 0 Å². The van der Waals surface area contributed by atoms with Crippen molar-refractivity contribution >= 4 is 15.9 Å². The Balaban J connectivity index is 1.93. The van der Waals surface area contributed by atoms with Crippen LogP contribution < -0.4 is 5.32 Å². The first-order valence-corrected chi connectivity index (χ1v) is 7.75. The van der Waals surface area contributed by atoms with E-state index in [2.05, 4.69) is 21.2 Å². The van der Waals surface area contributed by atoms with Gasteiger partial charge in [0.25, 0.3) is 0 Å². The summed E-state index contributed by atoms with van der Waals surface area (Å²) in [7, 11) is 1.80. The van der Waals surface area contributed by atoms with Gasteiger partial charge in [0.05, 0.1) is 4.47 Å². The summed E-state index contributed by atoms with van der Waals surface area (Å²) in [6.45, 7) is 0. The minimum Gasteiger partial charge on any atom is -0.313 e. The van der Waals surface area contributed by atoms with Gasteiger partial charge in [-0.15, -0.1) is 0 Å². The third-order valence-electron chi connectivity index (χ3n) is 4.81. The summed E-state index contributed by atoms with van der Waals surface area (Å²) in [4.78, 5) is 0. The van der Waals surface area contributed by atoms with Crippen LogP contribution in [0, 0.1) is 29.4 Å². The summed E-state index contributed by atoms with van der Waals surface area (Å²) in [5.74, 6) is 0.811. The average molecular weight is 330 g/mol. The van der Waals surface area contributed by atoms with Crippen LogP contribution >= 0.6 is 15.9 Å². The van der Waals surface area contributed by atoms with E-state index < -0.39 is 11.6 Å². The molecule has 104 valence electrons. The first-order chi connectivity index (χ1) is 9.15. The zero-order valence-electron chi connectivity index (χ0n) is 10.9. The number of benzene rings is 1. The van der Waals surface area contributed by atoms with Crippen LogP contribution in [0.3, 0.4) is 0 Å². The molecule has 1 aromatic rings. The van der Waals surface area contributed by atoms with Crippen molar-refractivity contribution in [1.29, 1.82) is 0 Å². The van der Waals surface area contributed by atoms with Gasteiger partial charge >= 0.3 is 0 Å². The van der Waals surface area contributed by atoms with Gasteiger partial charge < -0.3 is 5.32 Å². The van der Waals surface area contributed by atoms with Crippen LogP contribution in [0.2, 0.25) is 0 Å². The van der Waals surface area contributed by atoms with Gasteiger partial charge in [-0.1, -0.05) is 12.8 Å². The molecule has 0 heterocycles. The highest BCUT2D eigenvalue weighted by Crippen LogP contribution is 2.60. The smallest absolute Gasteiger partial charge is 0.145 e. The summed E-state index contributed by atoms with van der Waals surface area (Å²) >= 11 is 3.15. The van der Waals surface area contributed by atoms with Gasteiger partial charge in [0, 0.05) is 11.6 Å². The molecule has 0 bridgehead atoms. The van der Waals surface area contributed by atoms with Crippen LogP contribution in [0.1, 0.15) is 37.3 Å². The fourth-order valence-corrected chi connectivity index (χ4v) is 4.24. The van der Waals surface area contributed by atoms with Crippen LogP contribution in [0.15, 0.2) is 16.6 Å². The number of nitrogens with one attached hydrogen (secondary N) is 1. The zero-order valence-corrected chi connectivity index (χ0v) is 12.5. The number of hydrogen-bond acceptors (Lipinski definition) is 1. The van der Waals surface area contributed by atoms with Crippen LogP contribution in [0.25, 0.3) is 0 Å². The molecule has 3 unspecified atom stereocenters. The highest BCUT2D eigenvalue weighted by Gasteiger charge is 2.54. The van der Waals surface area contributed by atoms with E-state index >= 15 is 0 Å². The molecule has 1 N–H and O–H groups in total. The molecular formula is C15H18BrF2N. The van der Waals surface area contributed by atoms with Gasteiger partial charge in [0.15, 0.2) is 0 Å². The molecule has 1 aromatic carbocycles. The summed E-state index contributed by atoms with van der Waals surface area (Å²) in [6, 6.07) is 2.57. The standard InChI is InChI=1S/C15H18BrF2N/c1-19-15(12-8-4-2-3-5-9(8)12)13-11(17)7-6-10(16)14(13)18/h6-9,12,15,19H,2-5H2,1H3. The SMILES string of the molecule is CNC(c1c(F)ccc(Br)c1F)C1C2CCCCC21. The molecule has 0 aliphatic heterocycles. The molecule has 3 atom stereocenters. The van der Waals surface area contributed by atoms with E-state index in [9.17, 15) is 8.78 Å². The minimum atomic E-state index is -0.456. The summed E-state index contributed by atoms with van der Waals surface area (Å²) in [6.07, 6.45) is 4.95. The monoisotopic (exact) mass is 329 g/mol. The molecule has 0 radical (unpaired) electrons. The van der Waals surface area contributed by atoms with Crippen molar-refractivity contribution in [2.75, 3.05) is 7.05 Å². The van der Waals surface area contributed by atoms with Crippen molar-refractivity contribution in [3.63, 3.8) is 0 Å². The highest BCUT2D eigenvalue weighted by atomic mass is 79.9. The molecule has 2 saturated carbocycles. The van der Waals surface area contributed by atoms with Crippen molar-refractivity contribution in [3.05, 3.63) is 33.8 Å². The Morgan fingerprint density at radius 2 is 1.84 bits per heavy atom. The van der Waals surface area contributed by atoms with E-state index in [-0.39, 0.29) is 11.6 Å². The normalized spacial score (nSPS) is 30.8. The predicted molar refractivity (Wildman–Crippen MR) is 74.8 cm³/mol. The molecule has 0 saturated heterocycles. The fraction of sp³-hybridized carbons (Fsp3) is 0.600. The highest BCUT2D eigenvalue weighted by molar-refractivity contribution is 9.10. The lowest BCUT2D eigenvalue weighted by atomic mass is 9.99. The maximum Gasteiger partial charge on any atom is 0.145 e. The van der Waals surface area contributed by atoms with Crippen LogP contribution in [-0.2, 0) is 0 Å². The Kier molecular flexibility index (Phi) is 3.65. The fourth-order valence-electron chi connectivity index (χ4n) is 3.90. The molecule has 2 fully saturated rings. The number of rotatable bonds is 3. The number of halogens is 3. The van der Waals surface area contributed by atoms with Crippen molar-refractivity contribution in [1.82, 2.24) is 5.32 Å². The Morgan fingerprint density at radius 1 is 1.21 bits per heavy atom. The second kappa shape index (κ2) is 5.13. The molecule has 0 amide bonds. The average Bonchev–Trinajstić information content (AvgIpc) is 3.13. The molecule has 4 heteroatoms. The first-order valence-electron chi connectivity index (χ1n) is 6.95. The van der Waals surface area contributed by atoms with Gasteiger partial charge in [-0.05, 0) is 65.7 Å². The lowest BCUT2D eigenvalue weighted by molar-refractivity contribution is 0.430. The molecule has 2 aliphatic rings. The topological polar surface area (TPSA) is 12.0 Å². The van der Waals surface area contributed by atoms with Gasteiger partial charge in [-0.25, -0.2) is 8.78 Å². The van der Waals surface area contributed by atoms with Gasteiger partial charge in [0.2, 0.25) is 0 Å². The van der Waals surface area contributed by atoms with Crippen molar-refractivity contribution < 1.29 is 8.78 Å². The van der Waals surface area contributed by atoms with E-state index in [1.807, 2.05) is 0 Å². The summed E-state index contributed by atoms with van der Waals surface area (Å²) in [5.41, 5.74) is 0.205. The summed E-state index contributed by atoms with van der Waals surface area (Å²) in [5, 5.41) is 3.14. The lowest BCUT2D eigenvalue weighted by Crippen LogP contribution is -2.22. The molecule has 2 aliphatic carbocycles. The van der Waals surface area contributed by atoms with Gasteiger partial charge in [0.1, 0.15) is 11.6 Å². The molecule has 0 spiro atoms.